The number of anilines is 1. The highest BCUT2D eigenvalue weighted by Gasteiger charge is 2.22. The van der Waals surface area contributed by atoms with Crippen LogP contribution in [0.5, 0.6) is 5.75 Å². The van der Waals surface area contributed by atoms with E-state index in [1.165, 1.54) is 31.5 Å². The summed E-state index contributed by atoms with van der Waals surface area (Å²) in [7, 11) is 0. The molecule has 6 heteroatoms. The molecule has 2 fully saturated rings. The van der Waals surface area contributed by atoms with E-state index in [1.807, 2.05) is 29.2 Å². The summed E-state index contributed by atoms with van der Waals surface area (Å²) in [5.74, 6) is 1.04. The molecule has 2 heterocycles. The zero-order valence-corrected chi connectivity index (χ0v) is 20.6. The Morgan fingerprint density at radius 3 is 2.53 bits per heavy atom. The van der Waals surface area contributed by atoms with Gasteiger partial charge in [-0.15, -0.1) is 0 Å². The molecule has 2 aliphatic heterocycles. The lowest BCUT2D eigenvalue weighted by molar-refractivity contribution is 0.0746. The van der Waals surface area contributed by atoms with Crippen molar-refractivity contribution >= 4 is 27.5 Å². The van der Waals surface area contributed by atoms with E-state index in [9.17, 15) is 4.79 Å². The number of carbonyl (C=O) groups excluding carboxylic acids is 1. The molecule has 0 radical (unpaired) electrons. The third kappa shape index (κ3) is 6.04. The molecule has 2 aromatic carbocycles. The quantitative estimate of drug-likeness (QED) is 0.499. The van der Waals surface area contributed by atoms with E-state index in [1.54, 1.807) is 0 Å². The van der Waals surface area contributed by atoms with E-state index < -0.39 is 0 Å². The van der Waals surface area contributed by atoms with Gasteiger partial charge in [-0.3, -0.25) is 4.79 Å². The lowest BCUT2D eigenvalue weighted by Crippen LogP contribution is -2.48. The predicted molar refractivity (Wildman–Crippen MR) is 134 cm³/mol. The van der Waals surface area contributed by atoms with Gasteiger partial charge in [0, 0.05) is 54.5 Å². The number of nitrogens with zero attached hydrogens (tertiary/aromatic N) is 3. The summed E-state index contributed by atoms with van der Waals surface area (Å²) < 4.78 is 6.92. The van der Waals surface area contributed by atoms with Crippen LogP contribution in [0.4, 0.5) is 5.69 Å². The first-order valence-corrected chi connectivity index (χ1v) is 12.7. The number of ether oxygens (including phenoxy) is 1. The van der Waals surface area contributed by atoms with E-state index in [4.69, 9.17) is 4.74 Å². The van der Waals surface area contributed by atoms with Crippen LogP contribution in [0.25, 0.3) is 0 Å². The van der Waals surface area contributed by atoms with E-state index in [0.29, 0.717) is 6.04 Å². The lowest BCUT2D eigenvalue weighted by Gasteiger charge is -2.36. The van der Waals surface area contributed by atoms with Crippen LogP contribution in [0.3, 0.4) is 0 Å². The van der Waals surface area contributed by atoms with Crippen molar-refractivity contribution in [3.8, 4) is 5.75 Å². The Morgan fingerprint density at radius 1 is 1.03 bits per heavy atom. The molecule has 4 rings (SSSR count). The molecular weight excluding hydrogens is 466 g/mol. The maximum absolute atomic E-state index is 12.8. The Kier molecular flexibility index (Phi) is 8.09. The number of hydrogen-bond acceptors (Lipinski definition) is 4. The van der Waals surface area contributed by atoms with Crippen LogP contribution in [0, 0.1) is 0 Å². The third-order valence-electron chi connectivity index (χ3n) is 6.64. The molecule has 2 saturated heterocycles. The molecule has 0 aromatic heterocycles. The number of hydrogen-bond donors (Lipinski definition) is 0. The van der Waals surface area contributed by atoms with Crippen LogP contribution in [-0.2, 0) is 0 Å². The first-order valence-electron chi connectivity index (χ1n) is 11.9. The van der Waals surface area contributed by atoms with Crippen molar-refractivity contribution in [1.29, 1.82) is 0 Å². The molecule has 2 aliphatic rings. The number of rotatable bonds is 7. The first-order chi connectivity index (χ1) is 15.6. The molecule has 32 heavy (non-hydrogen) atoms. The van der Waals surface area contributed by atoms with Gasteiger partial charge in [0.15, 0.2) is 0 Å². The zero-order chi connectivity index (χ0) is 22.3. The number of piperidine rings is 1. The van der Waals surface area contributed by atoms with Crippen molar-refractivity contribution < 1.29 is 9.53 Å². The van der Waals surface area contributed by atoms with Gasteiger partial charge < -0.3 is 19.4 Å². The second-order valence-electron chi connectivity index (χ2n) is 8.87. The molecule has 2 aromatic rings. The smallest absolute Gasteiger partial charge is 0.254 e. The highest BCUT2D eigenvalue weighted by molar-refractivity contribution is 9.10. The van der Waals surface area contributed by atoms with Gasteiger partial charge in [0.1, 0.15) is 5.75 Å². The maximum atomic E-state index is 12.8. The molecule has 0 spiro atoms. The molecule has 0 aliphatic carbocycles. The monoisotopic (exact) mass is 499 g/mol. The van der Waals surface area contributed by atoms with Gasteiger partial charge in [-0.05, 0) is 75.2 Å². The fourth-order valence-electron chi connectivity index (χ4n) is 4.67. The van der Waals surface area contributed by atoms with Gasteiger partial charge in [0.05, 0.1) is 6.61 Å². The summed E-state index contributed by atoms with van der Waals surface area (Å²) in [6.07, 6.45) is 5.10. The minimum Gasteiger partial charge on any atom is -0.494 e. The number of piperazine rings is 1. The fourth-order valence-corrected chi connectivity index (χ4v) is 5.07. The third-order valence-corrected chi connectivity index (χ3v) is 7.13. The second-order valence-corrected chi connectivity index (χ2v) is 9.78. The fraction of sp³-hybridized carbons (Fsp3) is 0.500. The largest absolute Gasteiger partial charge is 0.494 e. The minimum atomic E-state index is 0.105. The second kappa shape index (κ2) is 11.2. The molecule has 5 nitrogen and oxygen atoms in total. The van der Waals surface area contributed by atoms with Gasteiger partial charge in [0.25, 0.3) is 5.91 Å². The Balaban J connectivity index is 1.20. The number of amides is 1. The molecule has 1 atom stereocenters. The summed E-state index contributed by atoms with van der Waals surface area (Å²) in [4.78, 5) is 19.6. The predicted octanol–water partition coefficient (Wildman–Crippen LogP) is 5.05. The van der Waals surface area contributed by atoms with Crippen molar-refractivity contribution in [2.45, 2.75) is 38.6 Å². The molecule has 172 valence electrons. The van der Waals surface area contributed by atoms with Crippen LogP contribution < -0.4 is 9.64 Å². The van der Waals surface area contributed by atoms with Gasteiger partial charge in [0.2, 0.25) is 0 Å². The Bertz CT molecular complexity index is 881. The first kappa shape index (κ1) is 23.1. The molecule has 1 unspecified atom stereocenters. The van der Waals surface area contributed by atoms with Crippen LogP contribution in [0.2, 0.25) is 0 Å². The van der Waals surface area contributed by atoms with Crippen LogP contribution in [-0.4, -0.2) is 67.6 Å². The highest BCUT2D eigenvalue weighted by Crippen LogP contribution is 2.22. The highest BCUT2D eigenvalue weighted by atomic mass is 79.9. The van der Waals surface area contributed by atoms with Crippen molar-refractivity contribution in [3.63, 3.8) is 0 Å². The SMILES string of the molecule is CC1CCCCN1CCCOc1ccc(N2CCN(C(=O)c3cccc(Br)c3)CC2)cc1. The number of halogens is 1. The normalized spacial score (nSPS) is 19.8. The van der Waals surface area contributed by atoms with E-state index in [2.05, 4.69) is 56.9 Å². The number of likely N-dealkylation sites (tertiary alicyclic amines) is 1. The Hall–Kier alpha value is -2.05. The maximum Gasteiger partial charge on any atom is 0.254 e. The molecule has 0 saturated carbocycles. The summed E-state index contributed by atoms with van der Waals surface area (Å²) in [5.41, 5.74) is 1.93. The molecule has 0 bridgehead atoms. The topological polar surface area (TPSA) is 36.0 Å². The van der Waals surface area contributed by atoms with Crippen molar-refractivity contribution in [2.24, 2.45) is 0 Å². The van der Waals surface area contributed by atoms with Gasteiger partial charge in [-0.1, -0.05) is 28.4 Å². The van der Waals surface area contributed by atoms with E-state index in [-0.39, 0.29) is 5.91 Å². The average molecular weight is 500 g/mol. The van der Waals surface area contributed by atoms with Crippen LogP contribution in [0.15, 0.2) is 53.0 Å². The standard InChI is InChI=1S/C26H34BrN3O2/c1-21-6-2-3-13-28(21)14-5-19-32-25-11-9-24(10-12-25)29-15-17-30(18-16-29)26(31)22-7-4-8-23(27)20-22/h4,7-12,20-21H,2-3,5-6,13-19H2,1H3. The van der Waals surface area contributed by atoms with Gasteiger partial charge in [-0.2, -0.15) is 0 Å². The average Bonchev–Trinajstić information content (AvgIpc) is 2.83. The summed E-state index contributed by atoms with van der Waals surface area (Å²) in [6.45, 7) is 8.62. The molecular formula is C26H34BrN3O2. The lowest BCUT2D eigenvalue weighted by atomic mass is 10.0. The summed E-state index contributed by atoms with van der Waals surface area (Å²) >= 11 is 3.45. The summed E-state index contributed by atoms with van der Waals surface area (Å²) in [5, 5.41) is 0. The summed E-state index contributed by atoms with van der Waals surface area (Å²) in [6, 6.07) is 16.7. The van der Waals surface area contributed by atoms with Gasteiger partial charge in [-0.25, -0.2) is 0 Å². The minimum absolute atomic E-state index is 0.105. The zero-order valence-electron chi connectivity index (χ0n) is 19.0. The van der Waals surface area contributed by atoms with Crippen molar-refractivity contribution in [3.05, 3.63) is 58.6 Å². The van der Waals surface area contributed by atoms with E-state index >= 15 is 0 Å². The molecule has 0 N–H and O–H groups in total. The van der Waals surface area contributed by atoms with Crippen molar-refractivity contribution in [1.82, 2.24) is 9.80 Å². The Morgan fingerprint density at radius 2 is 1.81 bits per heavy atom. The van der Waals surface area contributed by atoms with Gasteiger partial charge >= 0.3 is 0 Å². The Labute approximate surface area is 200 Å². The van der Waals surface area contributed by atoms with Crippen molar-refractivity contribution in [2.75, 3.05) is 50.8 Å². The van der Waals surface area contributed by atoms with Crippen LogP contribution >= 0.6 is 15.9 Å². The van der Waals surface area contributed by atoms with Crippen LogP contribution in [0.1, 0.15) is 43.0 Å². The van der Waals surface area contributed by atoms with E-state index in [0.717, 1.165) is 61.5 Å². The molecule has 1 amide bonds. The number of benzene rings is 2. The number of carbonyl (C=O) groups is 1.